The number of carboxylic acid groups (broad SMARTS) is 1. The van der Waals surface area contributed by atoms with Crippen LogP contribution in [0.4, 0.5) is 0 Å². The van der Waals surface area contributed by atoms with Gasteiger partial charge in [-0.1, -0.05) is 31.9 Å². The fraction of sp³-hybridized carbons (Fsp3) is 0.400. The van der Waals surface area contributed by atoms with Crippen molar-refractivity contribution in [3.05, 3.63) is 78.3 Å². The number of hydrogen-bond donors (Lipinski definition) is 1. The molecule has 0 unspecified atom stereocenters. The minimum Gasteiger partial charge on any atom is -0.478 e. The summed E-state index contributed by atoms with van der Waals surface area (Å²) < 4.78 is 14.5. The highest BCUT2D eigenvalue weighted by atomic mass is 17.2. The molecule has 0 radical (unpaired) electrons. The minimum atomic E-state index is -1.31. The number of nitrogens with zero attached hydrogens (tertiary/aromatic N) is 1. The number of esters is 3. The van der Waals surface area contributed by atoms with Gasteiger partial charge in [0.05, 0.1) is 16.7 Å². The number of allylic oxidation sites excluding steroid dienone is 1. The van der Waals surface area contributed by atoms with Gasteiger partial charge in [-0.05, 0) is 56.6 Å². The van der Waals surface area contributed by atoms with Crippen LogP contribution in [0.2, 0.25) is 0 Å². The Bertz CT molecular complexity index is 1160. The van der Waals surface area contributed by atoms with E-state index in [1.54, 1.807) is 6.92 Å². The number of ether oxygens (including phenoxy) is 3. The Morgan fingerprint density at radius 2 is 1.57 bits per heavy atom. The predicted molar refractivity (Wildman–Crippen MR) is 151 cm³/mol. The summed E-state index contributed by atoms with van der Waals surface area (Å²) in [4.78, 5) is 69.3. The fourth-order valence-electron chi connectivity index (χ4n) is 3.46. The van der Waals surface area contributed by atoms with Gasteiger partial charge in [-0.3, -0.25) is 4.79 Å². The molecule has 1 fully saturated rings. The van der Waals surface area contributed by atoms with E-state index in [1.807, 2.05) is 0 Å². The van der Waals surface area contributed by atoms with Crippen LogP contribution >= 0.6 is 0 Å². The molecule has 0 bridgehead atoms. The van der Waals surface area contributed by atoms with Gasteiger partial charge in [0, 0.05) is 19.0 Å². The standard InChI is InChI=1S/C19H18O10.C11H19NO/c1-3-7-28-29-11-10-27-18(23)14-6-5-13(17(21)22)12-15(14)19(24)26-9-8-25-16(20)4-2;1-10(2)11(13)6-9-12-7-4-3-5-8-12/h4-7,12H,1-2,8-11H2,(H,21,22);1,3-9H2,2H3. The van der Waals surface area contributed by atoms with Crippen LogP contribution < -0.4 is 0 Å². The van der Waals surface area contributed by atoms with Crippen LogP contribution in [-0.2, 0) is 33.6 Å². The van der Waals surface area contributed by atoms with Crippen molar-refractivity contribution >= 4 is 29.7 Å². The van der Waals surface area contributed by atoms with E-state index >= 15 is 0 Å². The normalized spacial score (nSPS) is 12.3. The smallest absolute Gasteiger partial charge is 0.339 e. The summed E-state index contributed by atoms with van der Waals surface area (Å²) in [7, 11) is 0. The molecular weight excluding hydrogens is 550 g/mol. The maximum absolute atomic E-state index is 12.3. The van der Waals surface area contributed by atoms with Crippen molar-refractivity contribution in [2.24, 2.45) is 0 Å². The Morgan fingerprint density at radius 3 is 2.17 bits per heavy atom. The second-order valence-electron chi connectivity index (χ2n) is 8.80. The van der Waals surface area contributed by atoms with E-state index < -0.39 is 23.9 Å². The minimum absolute atomic E-state index is 0.119. The van der Waals surface area contributed by atoms with Gasteiger partial charge in [0.25, 0.3) is 0 Å². The van der Waals surface area contributed by atoms with Crippen LogP contribution in [0.5, 0.6) is 0 Å². The number of piperidine rings is 1. The zero-order valence-corrected chi connectivity index (χ0v) is 23.8. The first-order chi connectivity index (χ1) is 20.1. The lowest BCUT2D eigenvalue weighted by molar-refractivity contribution is -0.252. The number of carbonyl (C=O) groups is 5. The third-order valence-corrected chi connectivity index (χ3v) is 5.61. The van der Waals surface area contributed by atoms with Gasteiger partial charge in [0.15, 0.2) is 12.0 Å². The second kappa shape index (κ2) is 20.4. The number of carbonyl (C=O) groups excluding carboxylic acids is 4. The summed E-state index contributed by atoms with van der Waals surface area (Å²) in [6.45, 7) is 14.3. The number of carboxylic acids is 1. The Hall–Kier alpha value is -4.51. The van der Waals surface area contributed by atoms with Crippen LogP contribution in [0.25, 0.3) is 0 Å². The molecule has 42 heavy (non-hydrogen) atoms. The predicted octanol–water partition coefficient (Wildman–Crippen LogP) is 3.68. The van der Waals surface area contributed by atoms with Gasteiger partial charge in [-0.15, -0.1) is 0 Å². The molecule has 1 aliphatic heterocycles. The van der Waals surface area contributed by atoms with E-state index in [0.717, 1.165) is 37.1 Å². The molecule has 0 atom stereocenters. The van der Waals surface area contributed by atoms with E-state index in [9.17, 15) is 24.0 Å². The SMILES string of the molecule is C=C(C)C(=O)CCN1CCCCC1.C=C=COOCCOC(=O)c1ccc(C(=O)O)cc1C(=O)OCCOC(=O)C=C. The van der Waals surface area contributed by atoms with E-state index in [0.29, 0.717) is 12.0 Å². The number of aromatic carboxylic acids is 1. The Kier molecular flexibility index (Phi) is 17.2. The van der Waals surface area contributed by atoms with Gasteiger partial charge < -0.3 is 29.1 Å². The maximum atomic E-state index is 12.3. The van der Waals surface area contributed by atoms with Crippen LogP contribution in [0.1, 0.15) is 63.7 Å². The molecule has 1 aromatic rings. The Labute approximate surface area is 244 Å². The average Bonchev–Trinajstić information content (AvgIpc) is 2.99. The fourth-order valence-corrected chi connectivity index (χ4v) is 3.46. The monoisotopic (exact) mass is 587 g/mol. The summed E-state index contributed by atoms with van der Waals surface area (Å²) in [6.07, 6.45) is 6.57. The first-order valence-corrected chi connectivity index (χ1v) is 13.1. The third kappa shape index (κ3) is 14.2. The molecule has 1 heterocycles. The van der Waals surface area contributed by atoms with E-state index in [2.05, 4.69) is 44.9 Å². The zero-order chi connectivity index (χ0) is 31.3. The Balaban J connectivity index is 0.000000563. The van der Waals surface area contributed by atoms with E-state index in [4.69, 9.17) is 14.6 Å². The van der Waals surface area contributed by atoms with Gasteiger partial charge in [0.1, 0.15) is 26.4 Å². The zero-order valence-electron chi connectivity index (χ0n) is 23.8. The summed E-state index contributed by atoms with van der Waals surface area (Å²) in [5.74, 6) is -3.70. The molecule has 1 aromatic carbocycles. The van der Waals surface area contributed by atoms with Gasteiger partial charge in [-0.2, -0.15) is 4.89 Å². The Morgan fingerprint density at radius 1 is 0.952 bits per heavy atom. The van der Waals surface area contributed by atoms with E-state index in [1.165, 1.54) is 32.4 Å². The first-order valence-electron chi connectivity index (χ1n) is 13.1. The van der Waals surface area contributed by atoms with Gasteiger partial charge in [-0.25, -0.2) is 19.2 Å². The van der Waals surface area contributed by atoms with Crippen molar-refractivity contribution in [2.45, 2.75) is 32.6 Å². The third-order valence-electron chi connectivity index (χ3n) is 5.61. The van der Waals surface area contributed by atoms with Crippen molar-refractivity contribution < 1.29 is 53.1 Å². The molecule has 0 amide bonds. The van der Waals surface area contributed by atoms with Crippen molar-refractivity contribution in [1.82, 2.24) is 4.90 Å². The first kappa shape index (κ1) is 35.5. The largest absolute Gasteiger partial charge is 0.478 e. The molecule has 1 aliphatic rings. The molecule has 12 heteroatoms. The quantitative estimate of drug-likeness (QED) is 0.0438. The average molecular weight is 588 g/mol. The molecule has 228 valence electrons. The number of Topliss-reactive ketones (excluding diaryl/α,β-unsaturated/α-hetero) is 1. The van der Waals surface area contributed by atoms with E-state index in [-0.39, 0.29) is 48.9 Å². The highest BCUT2D eigenvalue weighted by Crippen LogP contribution is 2.16. The number of likely N-dealkylation sites (tertiary alicyclic amines) is 1. The van der Waals surface area contributed by atoms with Crippen molar-refractivity contribution in [1.29, 1.82) is 0 Å². The van der Waals surface area contributed by atoms with Crippen LogP contribution in [-0.4, -0.2) is 85.7 Å². The molecule has 12 nitrogen and oxygen atoms in total. The van der Waals surface area contributed by atoms with Crippen molar-refractivity contribution in [3.8, 4) is 0 Å². The number of rotatable bonds is 16. The summed E-state index contributed by atoms with van der Waals surface area (Å²) in [5, 5.41) is 9.09. The van der Waals surface area contributed by atoms with Crippen LogP contribution in [0.3, 0.4) is 0 Å². The number of benzene rings is 1. The topological polar surface area (TPSA) is 155 Å². The summed E-state index contributed by atoms with van der Waals surface area (Å²) >= 11 is 0. The molecule has 0 spiro atoms. The van der Waals surface area contributed by atoms with Gasteiger partial charge in [0.2, 0.25) is 0 Å². The van der Waals surface area contributed by atoms with Crippen LogP contribution in [0, 0.1) is 0 Å². The highest BCUT2D eigenvalue weighted by molar-refractivity contribution is 6.05. The second-order valence-corrected chi connectivity index (χ2v) is 8.80. The molecule has 1 saturated heterocycles. The lowest BCUT2D eigenvalue weighted by Crippen LogP contribution is -2.31. The van der Waals surface area contributed by atoms with Crippen molar-refractivity contribution in [2.75, 3.05) is 46.1 Å². The molecule has 0 aromatic heterocycles. The lowest BCUT2D eigenvalue weighted by atomic mass is 10.0. The molecular formula is C30H37NO11. The summed E-state index contributed by atoms with van der Waals surface area (Å²) in [5.41, 5.74) is 2.22. The van der Waals surface area contributed by atoms with Gasteiger partial charge >= 0.3 is 23.9 Å². The summed E-state index contributed by atoms with van der Waals surface area (Å²) in [6, 6.07) is 3.24. The van der Waals surface area contributed by atoms with Crippen LogP contribution in [0.15, 0.2) is 61.6 Å². The molecule has 1 N–H and O–H groups in total. The number of ketones is 1. The molecule has 2 rings (SSSR count). The highest BCUT2D eigenvalue weighted by Gasteiger charge is 2.22. The lowest BCUT2D eigenvalue weighted by Gasteiger charge is -2.25. The molecule has 0 aliphatic carbocycles. The molecule has 0 saturated carbocycles. The van der Waals surface area contributed by atoms with Crippen molar-refractivity contribution in [3.63, 3.8) is 0 Å². The maximum Gasteiger partial charge on any atom is 0.339 e. The number of hydrogen-bond acceptors (Lipinski definition) is 11.